The SMILES string of the molecule is CC(C)(C)OC(=O)Nc1ccc(Br)c(F)c1F. The molecular formula is C11H12BrF2NO2. The van der Waals surface area contributed by atoms with Gasteiger partial charge in [0.15, 0.2) is 11.6 Å². The average molecular weight is 308 g/mol. The molecule has 1 aromatic rings. The molecule has 0 aliphatic carbocycles. The molecule has 1 rings (SSSR count). The van der Waals surface area contributed by atoms with Crippen LogP contribution in [0, 0.1) is 11.6 Å². The number of carbonyl (C=O) groups is 1. The first kappa shape index (κ1) is 13.9. The Morgan fingerprint density at radius 1 is 1.29 bits per heavy atom. The fourth-order valence-electron chi connectivity index (χ4n) is 1.04. The molecule has 0 unspecified atom stereocenters. The van der Waals surface area contributed by atoms with E-state index in [0.717, 1.165) is 0 Å². The summed E-state index contributed by atoms with van der Waals surface area (Å²) in [4.78, 5) is 11.3. The molecule has 0 radical (unpaired) electrons. The molecule has 94 valence electrons. The lowest BCUT2D eigenvalue weighted by Gasteiger charge is -2.19. The van der Waals surface area contributed by atoms with Crippen LogP contribution in [0.4, 0.5) is 19.3 Å². The third kappa shape index (κ3) is 3.96. The quantitative estimate of drug-likeness (QED) is 0.794. The van der Waals surface area contributed by atoms with Gasteiger partial charge in [0.1, 0.15) is 5.60 Å². The van der Waals surface area contributed by atoms with Crippen molar-refractivity contribution in [2.24, 2.45) is 0 Å². The van der Waals surface area contributed by atoms with Gasteiger partial charge in [0.05, 0.1) is 10.2 Å². The highest BCUT2D eigenvalue weighted by molar-refractivity contribution is 9.10. The Labute approximate surface area is 106 Å². The highest BCUT2D eigenvalue weighted by atomic mass is 79.9. The normalized spacial score (nSPS) is 11.2. The lowest BCUT2D eigenvalue weighted by Crippen LogP contribution is -2.27. The zero-order valence-corrected chi connectivity index (χ0v) is 11.2. The molecule has 0 heterocycles. The summed E-state index contributed by atoms with van der Waals surface area (Å²) in [5.41, 5.74) is -0.964. The molecule has 0 aliphatic rings. The van der Waals surface area contributed by atoms with E-state index in [1.165, 1.54) is 12.1 Å². The maximum atomic E-state index is 13.4. The molecular weight excluding hydrogens is 296 g/mol. The molecule has 0 bridgehead atoms. The summed E-state index contributed by atoms with van der Waals surface area (Å²) in [6.45, 7) is 5.02. The van der Waals surface area contributed by atoms with Gasteiger partial charge in [-0.2, -0.15) is 0 Å². The van der Waals surface area contributed by atoms with Crippen LogP contribution in [0.2, 0.25) is 0 Å². The second-order valence-electron chi connectivity index (χ2n) is 4.35. The van der Waals surface area contributed by atoms with Gasteiger partial charge >= 0.3 is 6.09 Å². The summed E-state index contributed by atoms with van der Waals surface area (Å²) in [7, 11) is 0. The van der Waals surface area contributed by atoms with Crippen molar-refractivity contribution in [3.05, 3.63) is 28.2 Å². The van der Waals surface area contributed by atoms with Crippen LogP contribution in [0.5, 0.6) is 0 Å². The van der Waals surface area contributed by atoms with Crippen molar-refractivity contribution in [3.8, 4) is 0 Å². The number of amides is 1. The Morgan fingerprint density at radius 2 is 1.88 bits per heavy atom. The van der Waals surface area contributed by atoms with Gasteiger partial charge < -0.3 is 4.74 Å². The number of ether oxygens (including phenoxy) is 1. The van der Waals surface area contributed by atoms with Gasteiger partial charge in [0.25, 0.3) is 0 Å². The molecule has 1 amide bonds. The molecule has 0 saturated carbocycles. The van der Waals surface area contributed by atoms with E-state index in [0.29, 0.717) is 0 Å². The van der Waals surface area contributed by atoms with E-state index >= 15 is 0 Å². The molecule has 0 atom stereocenters. The number of rotatable bonds is 1. The van der Waals surface area contributed by atoms with Crippen molar-refractivity contribution in [1.82, 2.24) is 0 Å². The predicted octanol–water partition coefficient (Wildman–Crippen LogP) is 4.07. The van der Waals surface area contributed by atoms with Crippen LogP contribution in [0.1, 0.15) is 20.8 Å². The molecule has 0 aliphatic heterocycles. The van der Waals surface area contributed by atoms with E-state index in [-0.39, 0.29) is 10.2 Å². The van der Waals surface area contributed by atoms with Crippen molar-refractivity contribution < 1.29 is 18.3 Å². The van der Waals surface area contributed by atoms with E-state index in [4.69, 9.17) is 4.74 Å². The first-order valence-electron chi connectivity index (χ1n) is 4.84. The third-order valence-corrected chi connectivity index (χ3v) is 2.28. The summed E-state index contributed by atoms with van der Waals surface area (Å²) in [5.74, 6) is -2.19. The van der Waals surface area contributed by atoms with Crippen LogP contribution in [0.25, 0.3) is 0 Å². The first-order valence-corrected chi connectivity index (χ1v) is 5.63. The molecule has 3 nitrogen and oxygen atoms in total. The lowest BCUT2D eigenvalue weighted by atomic mass is 10.2. The Hall–Kier alpha value is -1.17. The van der Waals surface area contributed by atoms with Crippen LogP contribution in [0.15, 0.2) is 16.6 Å². The number of benzene rings is 1. The highest BCUT2D eigenvalue weighted by Crippen LogP contribution is 2.24. The summed E-state index contributed by atoms with van der Waals surface area (Å²) >= 11 is 2.84. The minimum atomic E-state index is -1.13. The topological polar surface area (TPSA) is 38.3 Å². The van der Waals surface area contributed by atoms with Gasteiger partial charge in [-0.1, -0.05) is 0 Å². The number of anilines is 1. The second-order valence-corrected chi connectivity index (χ2v) is 5.20. The maximum Gasteiger partial charge on any atom is 0.412 e. The summed E-state index contributed by atoms with van der Waals surface area (Å²) in [6.07, 6.45) is -0.835. The third-order valence-electron chi connectivity index (χ3n) is 1.67. The number of carbonyl (C=O) groups excluding carboxylic acids is 1. The molecule has 0 fully saturated rings. The number of nitrogens with one attached hydrogen (secondary N) is 1. The average Bonchev–Trinajstić information content (AvgIpc) is 2.16. The maximum absolute atomic E-state index is 13.4. The Bertz CT molecular complexity index is 444. The second kappa shape index (κ2) is 5.00. The number of hydrogen-bond donors (Lipinski definition) is 1. The molecule has 1 aromatic carbocycles. The molecule has 6 heteroatoms. The molecule has 0 aromatic heterocycles. The first-order chi connectivity index (χ1) is 7.70. The minimum absolute atomic E-state index is 0.00950. The van der Waals surface area contributed by atoms with Crippen LogP contribution in [-0.4, -0.2) is 11.7 Å². The number of hydrogen-bond acceptors (Lipinski definition) is 2. The van der Waals surface area contributed by atoms with Crippen LogP contribution in [-0.2, 0) is 4.74 Å². The Kier molecular flexibility index (Phi) is 4.08. The van der Waals surface area contributed by atoms with E-state index in [2.05, 4.69) is 21.2 Å². The monoisotopic (exact) mass is 307 g/mol. The fourth-order valence-corrected chi connectivity index (χ4v) is 1.34. The Morgan fingerprint density at radius 3 is 2.41 bits per heavy atom. The summed E-state index contributed by atoms with van der Waals surface area (Å²) < 4.78 is 31.5. The van der Waals surface area contributed by atoms with Crippen molar-refractivity contribution in [2.75, 3.05) is 5.32 Å². The van der Waals surface area contributed by atoms with Crippen LogP contribution in [0.3, 0.4) is 0 Å². The van der Waals surface area contributed by atoms with E-state index in [1.807, 2.05) is 0 Å². The lowest BCUT2D eigenvalue weighted by molar-refractivity contribution is 0.0635. The molecule has 0 saturated heterocycles. The molecule has 0 spiro atoms. The van der Waals surface area contributed by atoms with E-state index in [1.54, 1.807) is 20.8 Å². The zero-order valence-electron chi connectivity index (χ0n) is 9.61. The zero-order chi connectivity index (χ0) is 13.2. The highest BCUT2D eigenvalue weighted by Gasteiger charge is 2.19. The van der Waals surface area contributed by atoms with Crippen molar-refractivity contribution in [3.63, 3.8) is 0 Å². The van der Waals surface area contributed by atoms with Gasteiger partial charge in [-0.3, -0.25) is 5.32 Å². The van der Waals surface area contributed by atoms with Gasteiger partial charge in [0.2, 0.25) is 0 Å². The van der Waals surface area contributed by atoms with Gasteiger partial charge in [-0.25, -0.2) is 13.6 Å². The van der Waals surface area contributed by atoms with Crippen molar-refractivity contribution in [2.45, 2.75) is 26.4 Å². The summed E-state index contributed by atoms with van der Waals surface area (Å²) in [6, 6.07) is 2.54. The van der Waals surface area contributed by atoms with Gasteiger partial charge in [0, 0.05) is 0 Å². The molecule has 17 heavy (non-hydrogen) atoms. The summed E-state index contributed by atoms with van der Waals surface area (Å²) in [5, 5.41) is 2.14. The van der Waals surface area contributed by atoms with Crippen molar-refractivity contribution >= 4 is 27.7 Å². The predicted molar refractivity (Wildman–Crippen MR) is 63.9 cm³/mol. The largest absolute Gasteiger partial charge is 0.444 e. The van der Waals surface area contributed by atoms with E-state index in [9.17, 15) is 13.6 Å². The van der Waals surface area contributed by atoms with Crippen LogP contribution < -0.4 is 5.32 Å². The van der Waals surface area contributed by atoms with Crippen molar-refractivity contribution in [1.29, 1.82) is 0 Å². The minimum Gasteiger partial charge on any atom is -0.444 e. The standard InChI is InChI=1S/C11H12BrF2NO2/c1-11(2,3)17-10(16)15-7-5-4-6(12)8(13)9(7)14/h4-5H,1-3H3,(H,15,16). The van der Waals surface area contributed by atoms with E-state index < -0.39 is 23.3 Å². The smallest absolute Gasteiger partial charge is 0.412 e. The van der Waals surface area contributed by atoms with Gasteiger partial charge in [-0.15, -0.1) is 0 Å². The van der Waals surface area contributed by atoms with Crippen LogP contribution >= 0.6 is 15.9 Å². The number of halogens is 3. The van der Waals surface area contributed by atoms with Gasteiger partial charge in [-0.05, 0) is 48.8 Å². The molecule has 1 N–H and O–H groups in total. The fraction of sp³-hybridized carbons (Fsp3) is 0.364. The Balaban J connectivity index is 2.83.